The standard InChI is InChI=1S/C17H17F5N8/c1-3-30-10(2)12(8-24-30)13-6-14(15(18)19)26-16(25-13)27-23-7-11-4-5-29(28-11)9-17(20,21)22/h4-8,15H,3,9H2,1-2H3,(H,25,26,27). The molecular weight excluding hydrogens is 411 g/mol. The molecule has 8 nitrogen and oxygen atoms in total. The number of rotatable bonds is 7. The van der Waals surface area contributed by atoms with Gasteiger partial charge in [-0.15, -0.1) is 0 Å². The van der Waals surface area contributed by atoms with Gasteiger partial charge in [-0.1, -0.05) is 0 Å². The van der Waals surface area contributed by atoms with E-state index in [-0.39, 0.29) is 17.3 Å². The molecule has 0 aromatic carbocycles. The lowest BCUT2D eigenvalue weighted by Crippen LogP contribution is -2.18. The Balaban J connectivity index is 1.81. The monoisotopic (exact) mass is 428 g/mol. The highest BCUT2D eigenvalue weighted by atomic mass is 19.4. The van der Waals surface area contributed by atoms with E-state index in [1.165, 1.54) is 18.3 Å². The van der Waals surface area contributed by atoms with Gasteiger partial charge in [-0.25, -0.2) is 24.2 Å². The molecule has 30 heavy (non-hydrogen) atoms. The lowest BCUT2D eigenvalue weighted by molar-refractivity contribution is -0.142. The fourth-order valence-electron chi connectivity index (χ4n) is 2.66. The van der Waals surface area contributed by atoms with Gasteiger partial charge in [0, 0.05) is 24.0 Å². The number of alkyl halides is 5. The normalized spacial score (nSPS) is 12.3. The Morgan fingerprint density at radius 2 is 2.03 bits per heavy atom. The van der Waals surface area contributed by atoms with Crippen LogP contribution in [0.5, 0.6) is 0 Å². The molecule has 0 aliphatic rings. The molecule has 0 atom stereocenters. The summed E-state index contributed by atoms with van der Waals surface area (Å²) in [7, 11) is 0. The topological polar surface area (TPSA) is 85.8 Å². The van der Waals surface area contributed by atoms with Crippen molar-refractivity contribution in [2.75, 3.05) is 5.43 Å². The fraction of sp³-hybridized carbons (Fsp3) is 0.353. The highest BCUT2D eigenvalue weighted by Gasteiger charge is 2.28. The van der Waals surface area contributed by atoms with E-state index in [2.05, 4.69) is 30.7 Å². The van der Waals surface area contributed by atoms with E-state index in [4.69, 9.17) is 0 Å². The molecule has 1 N–H and O–H groups in total. The van der Waals surface area contributed by atoms with Crippen molar-refractivity contribution in [1.29, 1.82) is 0 Å². The third-order valence-corrected chi connectivity index (χ3v) is 4.01. The minimum Gasteiger partial charge on any atom is -0.269 e. The molecule has 0 aliphatic carbocycles. The summed E-state index contributed by atoms with van der Waals surface area (Å²) < 4.78 is 66.0. The van der Waals surface area contributed by atoms with Gasteiger partial charge in [0.05, 0.1) is 18.1 Å². The molecule has 0 saturated carbocycles. The number of halogens is 5. The average Bonchev–Trinajstić information content (AvgIpc) is 3.26. The van der Waals surface area contributed by atoms with Gasteiger partial charge in [0.1, 0.15) is 17.9 Å². The molecule has 0 aliphatic heterocycles. The van der Waals surface area contributed by atoms with E-state index in [0.29, 0.717) is 16.8 Å². The first-order valence-corrected chi connectivity index (χ1v) is 8.75. The van der Waals surface area contributed by atoms with Crippen LogP contribution in [0.2, 0.25) is 0 Å². The Kier molecular flexibility index (Phi) is 6.08. The molecule has 0 amide bonds. The third-order valence-electron chi connectivity index (χ3n) is 4.01. The molecule has 0 spiro atoms. The van der Waals surface area contributed by atoms with Crippen LogP contribution >= 0.6 is 0 Å². The highest BCUT2D eigenvalue weighted by molar-refractivity contribution is 5.77. The van der Waals surface area contributed by atoms with Gasteiger partial charge in [0.2, 0.25) is 5.95 Å². The van der Waals surface area contributed by atoms with Gasteiger partial charge in [-0.3, -0.25) is 9.36 Å². The van der Waals surface area contributed by atoms with Crippen LogP contribution in [0, 0.1) is 6.92 Å². The van der Waals surface area contributed by atoms with Crippen molar-refractivity contribution in [3.8, 4) is 11.3 Å². The fourth-order valence-corrected chi connectivity index (χ4v) is 2.66. The number of nitrogens with one attached hydrogen (secondary N) is 1. The van der Waals surface area contributed by atoms with Gasteiger partial charge in [0.25, 0.3) is 6.43 Å². The Labute approximate surface area is 167 Å². The van der Waals surface area contributed by atoms with Crippen LogP contribution in [0.4, 0.5) is 27.9 Å². The van der Waals surface area contributed by atoms with Crippen LogP contribution in [-0.4, -0.2) is 41.9 Å². The quantitative estimate of drug-likeness (QED) is 0.351. The van der Waals surface area contributed by atoms with Crippen molar-refractivity contribution in [2.45, 2.75) is 39.5 Å². The number of aromatic nitrogens is 6. The molecular formula is C17H17F5N8. The van der Waals surface area contributed by atoms with Crippen molar-refractivity contribution >= 4 is 12.2 Å². The number of hydrogen-bond donors (Lipinski definition) is 1. The number of aryl methyl sites for hydroxylation is 1. The van der Waals surface area contributed by atoms with Crippen LogP contribution in [0.25, 0.3) is 11.3 Å². The highest BCUT2D eigenvalue weighted by Crippen LogP contribution is 2.26. The van der Waals surface area contributed by atoms with Crippen molar-refractivity contribution in [3.63, 3.8) is 0 Å². The maximum Gasteiger partial charge on any atom is 0.408 e. The van der Waals surface area contributed by atoms with Crippen LogP contribution in [0.15, 0.2) is 29.6 Å². The number of nitrogens with zero attached hydrogens (tertiary/aromatic N) is 7. The minimum atomic E-state index is -4.40. The molecule has 13 heteroatoms. The van der Waals surface area contributed by atoms with Crippen LogP contribution in [0.1, 0.15) is 30.4 Å². The summed E-state index contributed by atoms with van der Waals surface area (Å²) in [6, 6.07) is 2.49. The maximum absolute atomic E-state index is 13.3. The molecule has 160 valence electrons. The molecule has 0 radical (unpaired) electrons. The lowest BCUT2D eigenvalue weighted by Gasteiger charge is -2.07. The summed E-state index contributed by atoms with van der Waals surface area (Å²) in [5, 5.41) is 11.6. The van der Waals surface area contributed by atoms with Crippen LogP contribution < -0.4 is 5.43 Å². The Hall–Kier alpha value is -3.38. The molecule has 0 bridgehead atoms. The van der Waals surface area contributed by atoms with E-state index >= 15 is 0 Å². The van der Waals surface area contributed by atoms with Crippen molar-refractivity contribution in [2.24, 2.45) is 5.10 Å². The minimum absolute atomic E-state index is 0.136. The van der Waals surface area contributed by atoms with Crippen molar-refractivity contribution < 1.29 is 22.0 Å². The van der Waals surface area contributed by atoms with Gasteiger partial charge < -0.3 is 0 Å². The Bertz CT molecular complexity index is 1040. The summed E-state index contributed by atoms with van der Waals surface area (Å²) >= 11 is 0. The second-order valence-corrected chi connectivity index (χ2v) is 6.19. The first kappa shape index (κ1) is 21.3. The summed E-state index contributed by atoms with van der Waals surface area (Å²) in [5.41, 5.74) is 3.60. The second-order valence-electron chi connectivity index (χ2n) is 6.19. The Morgan fingerprint density at radius 1 is 1.27 bits per heavy atom. The lowest BCUT2D eigenvalue weighted by atomic mass is 10.1. The molecule has 0 saturated heterocycles. The SMILES string of the molecule is CCn1ncc(-c2cc(C(F)F)nc(NN=Cc3ccn(CC(F)(F)F)n3)n2)c1C. The van der Waals surface area contributed by atoms with Gasteiger partial charge in [0.15, 0.2) is 0 Å². The summed E-state index contributed by atoms with van der Waals surface area (Å²) in [6.45, 7) is 3.06. The molecule has 3 rings (SSSR count). The molecule has 0 unspecified atom stereocenters. The zero-order valence-corrected chi connectivity index (χ0v) is 15.9. The smallest absolute Gasteiger partial charge is 0.269 e. The van der Waals surface area contributed by atoms with E-state index in [9.17, 15) is 22.0 Å². The zero-order chi connectivity index (χ0) is 21.9. The van der Waals surface area contributed by atoms with Gasteiger partial charge in [-0.05, 0) is 26.0 Å². The van der Waals surface area contributed by atoms with Crippen molar-refractivity contribution in [3.05, 3.63) is 41.6 Å². The third kappa shape index (κ3) is 5.15. The molecule has 3 heterocycles. The average molecular weight is 428 g/mol. The summed E-state index contributed by atoms with van der Waals surface area (Å²) in [5.74, 6) is -0.197. The number of hydrazone groups is 1. The Morgan fingerprint density at radius 3 is 2.67 bits per heavy atom. The van der Waals surface area contributed by atoms with Crippen molar-refractivity contribution in [1.82, 2.24) is 29.5 Å². The predicted octanol–water partition coefficient (Wildman–Crippen LogP) is 3.81. The van der Waals surface area contributed by atoms with E-state index in [1.54, 1.807) is 11.6 Å². The summed E-state index contributed by atoms with van der Waals surface area (Å²) in [6.07, 6.45) is -3.43. The summed E-state index contributed by atoms with van der Waals surface area (Å²) in [4.78, 5) is 7.89. The number of hydrogen-bond acceptors (Lipinski definition) is 6. The first-order chi connectivity index (χ1) is 14.2. The second kappa shape index (κ2) is 8.55. The maximum atomic E-state index is 13.3. The van der Waals surface area contributed by atoms with Gasteiger partial charge in [-0.2, -0.15) is 28.5 Å². The first-order valence-electron chi connectivity index (χ1n) is 8.75. The predicted molar refractivity (Wildman–Crippen MR) is 98.1 cm³/mol. The van der Waals surface area contributed by atoms with E-state index in [0.717, 1.165) is 18.1 Å². The van der Waals surface area contributed by atoms with E-state index < -0.39 is 24.8 Å². The van der Waals surface area contributed by atoms with Crippen LogP contribution in [0.3, 0.4) is 0 Å². The molecule has 3 aromatic rings. The largest absolute Gasteiger partial charge is 0.408 e. The van der Waals surface area contributed by atoms with Crippen LogP contribution in [-0.2, 0) is 13.1 Å². The van der Waals surface area contributed by atoms with E-state index in [1.807, 2.05) is 6.92 Å². The molecule has 3 aromatic heterocycles. The van der Waals surface area contributed by atoms with Gasteiger partial charge >= 0.3 is 6.18 Å². The zero-order valence-electron chi connectivity index (χ0n) is 15.9. The number of anilines is 1. The molecule has 0 fully saturated rings.